The third-order valence-electron chi connectivity index (χ3n) is 1.51. The summed E-state index contributed by atoms with van der Waals surface area (Å²) < 4.78 is 8.88. The molecule has 0 unspecified atom stereocenters. The molecule has 114 valence electrons. The minimum atomic E-state index is -4.64. The predicted octanol–water partition coefficient (Wildman–Crippen LogP) is -10.2. The zero-order valence-corrected chi connectivity index (χ0v) is 17.9. The molecule has 0 bridgehead atoms. The minimum absolute atomic E-state index is 0. The molecule has 4 atom stereocenters. The van der Waals surface area contributed by atoms with Crippen LogP contribution in [0.1, 0.15) is 2.85 Å². The smallest absolute Gasteiger partial charge is 1.00 e. The zero-order valence-electron chi connectivity index (χ0n) is 12.8. The third-order valence-corrected chi connectivity index (χ3v) is 1.51. The van der Waals surface area contributed by atoms with Gasteiger partial charge in [0.05, 0.1) is 6.61 Å². The fourth-order valence-corrected chi connectivity index (χ4v) is 0.668. The molecule has 0 saturated heterocycles. The summed E-state index contributed by atoms with van der Waals surface area (Å²) in [6, 6.07) is 0. The summed E-state index contributed by atoms with van der Waals surface area (Å²) >= 11 is 0. The molecule has 0 aromatic carbocycles. The summed E-state index contributed by atoms with van der Waals surface area (Å²) in [6.45, 7) is -0.843. The van der Waals surface area contributed by atoms with E-state index in [-0.39, 0.29) is 106 Å². The monoisotopic (exact) mass is 374 g/mol. The normalized spacial score (nSPS) is 16.2. The summed E-state index contributed by atoms with van der Waals surface area (Å²) in [6.07, 6.45) is -7.84. The molecular formula is C6H17K2O11P. The summed E-state index contributed by atoms with van der Waals surface area (Å²) in [5.74, 6) is -1.73. The summed E-state index contributed by atoms with van der Waals surface area (Å²) in [5, 5.41) is 51.8. The number of aliphatic hydroxyl groups excluding tert-OH is 5. The van der Waals surface area contributed by atoms with E-state index < -0.39 is 44.8 Å². The average molecular weight is 374 g/mol. The molecule has 14 heteroatoms. The summed E-state index contributed by atoms with van der Waals surface area (Å²) in [7, 11) is -4.64. The van der Waals surface area contributed by atoms with Crippen LogP contribution in [0.25, 0.3) is 0 Å². The van der Waals surface area contributed by atoms with Gasteiger partial charge >= 0.3 is 117 Å². The van der Waals surface area contributed by atoms with Crippen LogP contribution in [0.4, 0.5) is 0 Å². The van der Waals surface area contributed by atoms with Crippen molar-refractivity contribution in [1.82, 2.24) is 0 Å². The molecule has 0 radical (unpaired) electrons. The molecule has 0 heterocycles. The molecular weight excluding hydrogens is 357 g/mol. The molecule has 11 nitrogen and oxygen atoms in total. The van der Waals surface area contributed by atoms with Gasteiger partial charge in [-0.2, -0.15) is 0 Å². The molecule has 0 fully saturated rings. The molecule has 0 saturated carbocycles. The van der Waals surface area contributed by atoms with Crippen LogP contribution in [-0.4, -0.2) is 82.3 Å². The van der Waals surface area contributed by atoms with Gasteiger partial charge in [-0.1, -0.05) is 0 Å². The van der Waals surface area contributed by atoms with Crippen molar-refractivity contribution in [2.24, 2.45) is 0 Å². The Morgan fingerprint density at radius 1 is 1.00 bits per heavy atom. The molecule has 9 N–H and O–H groups in total. The maximum atomic E-state index is 10.1. The second-order valence-corrected chi connectivity index (χ2v) is 4.05. The molecule has 0 amide bonds. The van der Waals surface area contributed by atoms with Crippen LogP contribution >= 0.6 is 7.82 Å². The molecule has 0 spiro atoms. The quantitative estimate of drug-likeness (QED) is 0.162. The maximum absolute atomic E-state index is 10.1. The van der Waals surface area contributed by atoms with Crippen molar-refractivity contribution in [3.05, 3.63) is 0 Å². The topological polar surface area (TPSA) is 216 Å². The Morgan fingerprint density at radius 2 is 1.30 bits per heavy atom. The second kappa shape index (κ2) is 15.2. The van der Waals surface area contributed by atoms with E-state index in [1.54, 1.807) is 0 Å². The fraction of sp³-hybridized carbons (Fsp3) is 0.833. The Kier molecular flexibility index (Phi) is 23.2. The van der Waals surface area contributed by atoms with Crippen LogP contribution in [0.3, 0.4) is 0 Å². The van der Waals surface area contributed by atoms with Gasteiger partial charge in [0.2, 0.25) is 0 Å². The van der Waals surface area contributed by atoms with E-state index in [1.807, 2.05) is 0 Å². The van der Waals surface area contributed by atoms with Crippen LogP contribution in [0, 0.1) is 0 Å². The predicted molar refractivity (Wildman–Crippen MR) is 55.2 cm³/mol. The van der Waals surface area contributed by atoms with Crippen molar-refractivity contribution in [1.29, 1.82) is 0 Å². The number of carboxylic acids is 1. The maximum Gasteiger partial charge on any atom is 1.00 e. The minimum Gasteiger partial charge on any atom is -1.00 e. The van der Waals surface area contributed by atoms with Crippen LogP contribution in [-0.2, 0) is 9.36 Å². The fourth-order valence-electron chi connectivity index (χ4n) is 0.668. The number of hydrogen-bond donors (Lipinski definition) is 9. The number of carbonyl (C=O) groups is 1. The van der Waals surface area contributed by atoms with Crippen molar-refractivity contribution in [2.45, 2.75) is 24.4 Å². The first-order valence-corrected chi connectivity index (χ1v) is 5.82. The van der Waals surface area contributed by atoms with Crippen molar-refractivity contribution in [3.8, 4) is 0 Å². The molecule has 0 aliphatic heterocycles. The summed E-state index contributed by atoms with van der Waals surface area (Å²) in [5.41, 5.74) is 0. The number of hydrogen-bond acceptors (Lipinski definition) is 7. The van der Waals surface area contributed by atoms with Crippen LogP contribution in [0.2, 0.25) is 0 Å². The Hall–Kier alpha value is 2.65. The van der Waals surface area contributed by atoms with Crippen LogP contribution in [0.15, 0.2) is 0 Å². The van der Waals surface area contributed by atoms with Crippen LogP contribution < -0.4 is 103 Å². The SMILES string of the molecule is O=C(O)[C@H](O)[C@@H](O)[C@H](O)[C@H](O)CO.O=P(O)(O)O.[H-].[H-].[K+].[K+]. The van der Waals surface area contributed by atoms with Gasteiger partial charge in [0, 0.05) is 0 Å². The first-order chi connectivity index (χ1) is 7.91. The summed E-state index contributed by atoms with van der Waals surface area (Å²) in [4.78, 5) is 31.7. The largest absolute Gasteiger partial charge is 1.00 e. The number of carboxylic acid groups (broad SMARTS) is 1. The van der Waals surface area contributed by atoms with E-state index in [9.17, 15) is 4.79 Å². The van der Waals surface area contributed by atoms with Crippen LogP contribution in [0.5, 0.6) is 0 Å². The van der Waals surface area contributed by atoms with Crippen molar-refractivity contribution >= 4 is 13.8 Å². The Balaban J connectivity index is -0.0000000627. The molecule has 0 aliphatic carbocycles. The van der Waals surface area contributed by atoms with E-state index in [0.29, 0.717) is 0 Å². The van der Waals surface area contributed by atoms with Gasteiger partial charge in [0.1, 0.15) is 18.3 Å². The first kappa shape index (κ1) is 30.5. The van der Waals surface area contributed by atoms with Gasteiger partial charge in [-0.05, 0) is 0 Å². The zero-order chi connectivity index (χ0) is 15.1. The van der Waals surface area contributed by atoms with Crippen molar-refractivity contribution in [2.75, 3.05) is 6.61 Å². The molecule has 0 rings (SSSR count). The third kappa shape index (κ3) is 18.7. The van der Waals surface area contributed by atoms with E-state index in [4.69, 9.17) is 49.9 Å². The van der Waals surface area contributed by atoms with E-state index >= 15 is 0 Å². The van der Waals surface area contributed by atoms with Crippen molar-refractivity contribution in [3.63, 3.8) is 0 Å². The molecule has 0 aliphatic rings. The number of rotatable bonds is 5. The number of phosphoric acid groups is 1. The van der Waals surface area contributed by atoms with E-state index in [0.717, 1.165) is 0 Å². The Morgan fingerprint density at radius 3 is 1.50 bits per heavy atom. The second-order valence-electron chi connectivity index (χ2n) is 3.03. The van der Waals surface area contributed by atoms with Gasteiger partial charge in [0.15, 0.2) is 6.10 Å². The standard InChI is InChI=1S/C6H12O7.2K.H3O4P.2H/c7-1-2(8)3(9)4(10)5(11)6(12)13;;;1-5(2,3)4;;/h2-5,7-11H,1H2,(H,12,13);;;(H3,1,2,3,4);;/q;2*+1;;2*-1/t2-,3-,4+,5-;;;;;/m1...../s1. The molecule has 0 aromatic rings. The Bertz CT molecular complexity index is 298. The van der Waals surface area contributed by atoms with Gasteiger partial charge in [-0.3, -0.25) is 0 Å². The average Bonchev–Trinajstić information content (AvgIpc) is 2.22. The van der Waals surface area contributed by atoms with E-state index in [2.05, 4.69) is 0 Å². The van der Waals surface area contributed by atoms with Gasteiger partial charge in [-0.25, -0.2) is 9.36 Å². The van der Waals surface area contributed by atoms with Crippen molar-refractivity contribution < 1.29 is 160 Å². The number of aliphatic hydroxyl groups is 5. The van der Waals surface area contributed by atoms with Gasteiger partial charge in [0.25, 0.3) is 0 Å². The molecule has 0 aromatic heterocycles. The first-order valence-electron chi connectivity index (χ1n) is 4.26. The van der Waals surface area contributed by atoms with Gasteiger partial charge in [-0.15, -0.1) is 0 Å². The Labute approximate surface area is 201 Å². The molecule has 20 heavy (non-hydrogen) atoms. The van der Waals surface area contributed by atoms with E-state index in [1.165, 1.54) is 0 Å². The van der Waals surface area contributed by atoms with Gasteiger partial charge < -0.3 is 48.2 Å². The number of aliphatic carboxylic acids is 1.